The standard InChI is InChI=1S/C24H37N5O2/c1-17(2)11-15-29-21(30)10-9-19-18(3)25-23(26-24(19)29)20-8-7-14-28(20)16-22(31)27-12-5-4-6-13-27/h17,20H,4-16H2,1-3H3. The molecule has 0 bridgehead atoms. The van der Waals surface area contributed by atoms with Gasteiger partial charge in [-0.3, -0.25) is 19.4 Å². The van der Waals surface area contributed by atoms with Crippen molar-refractivity contribution in [3.8, 4) is 0 Å². The van der Waals surface area contributed by atoms with E-state index in [1.807, 2.05) is 16.7 Å². The molecule has 1 aromatic rings. The predicted molar refractivity (Wildman–Crippen MR) is 121 cm³/mol. The van der Waals surface area contributed by atoms with Gasteiger partial charge >= 0.3 is 0 Å². The van der Waals surface area contributed by atoms with E-state index in [1.54, 1.807) is 0 Å². The maximum atomic E-state index is 12.9. The van der Waals surface area contributed by atoms with Crippen LogP contribution in [0, 0.1) is 12.8 Å². The Morgan fingerprint density at radius 2 is 1.84 bits per heavy atom. The lowest BCUT2D eigenvalue weighted by Crippen LogP contribution is -2.43. The van der Waals surface area contributed by atoms with Crippen LogP contribution in [0.25, 0.3) is 0 Å². The first kappa shape index (κ1) is 22.2. The van der Waals surface area contributed by atoms with Gasteiger partial charge in [0.15, 0.2) is 0 Å². The number of carbonyl (C=O) groups excluding carboxylic acids is 2. The van der Waals surface area contributed by atoms with Gasteiger partial charge in [-0.1, -0.05) is 13.8 Å². The highest BCUT2D eigenvalue weighted by atomic mass is 16.2. The molecular formula is C24H37N5O2. The van der Waals surface area contributed by atoms with Gasteiger partial charge in [0.1, 0.15) is 11.6 Å². The number of hydrogen-bond donors (Lipinski definition) is 0. The third-order valence-electron chi connectivity index (χ3n) is 6.99. The van der Waals surface area contributed by atoms with Crippen LogP contribution < -0.4 is 4.90 Å². The van der Waals surface area contributed by atoms with Gasteiger partial charge in [-0.25, -0.2) is 9.97 Å². The minimum atomic E-state index is 0.0571. The van der Waals surface area contributed by atoms with Crippen LogP contribution in [0.15, 0.2) is 0 Å². The van der Waals surface area contributed by atoms with Crippen LogP contribution in [0.1, 0.15) is 81.9 Å². The molecule has 4 heterocycles. The Kier molecular flexibility index (Phi) is 6.89. The summed E-state index contributed by atoms with van der Waals surface area (Å²) in [6, 6.07) is 0.0571. The number of aromatic nitrogens is 2. The molecule has 2 fully saturated rings. The molecule has 1 aromatic heterocycles. The van der Waals surface area contributed by atoms with Crippen LogP contribution in [0.4, 0.5) is 5.82 Å². The normalized spacial score (nSPS) is 22.3. The predicted octanol–water partition coefficient (Wildman–Crippen LogP) is 3.26. The van der Waals surface area contributed by atoms with E-state index in [9.17, 15) is 9.59 Å². The van der Waals surface area contributed by atoms with E-state index in [0.717, 1.165) is 81.1 Å². The molecule has 0 aliphatic carbocycles. The Bertz CT molecular complexity index is 818. The molecule has 1 unspecified atom stereocenters. The third kappa shape index (κ3) is 4.92. The number of piperidine rings is 1. The summed E-state index contributed by atoms with van der Waals surface area (Å²) in [5, 5.41) is 0. The molecule has 0 N–H and O–H groups in total. The number of aryl methyl sites for hydroxylation is 1. The quantitative estimate of drug-likeness (QED) is 0.697. The third-order valence-corrected chi connectivity index (χ3v) is 6.99. The van der Waals surface area contributed by atoms with Crippen LogP contribution >= 0.6 is 0 Å². The molecule has 4 rings (SSSR count). The minimum Gasteiger partial charge on any atom is -0.342 e. The zero-order valence-corrected chi connectivity index (χ0v) is 19.4. The van der Waals surface area contributed by atoms with E-state index in [0.29, 0.717) is 25.4 Å². The van der Waals surface area contributed by atoms with Gasteiger partial charge in [-0.2, -0.15) is 0 Å². The molecule has 0 saturated carbocycles. The highest BCUT2D eigenvalue weighted by molar-refractivity contribution is 5.95. The molecule has 31 heavy (non-hydrogen) atoms. The van der Waals surface area contributed by atoms with Crippen LogP contribution in [-0.4, -0.2) is 64.3 Å². The van der Waals surface area contributed by atoms with Crippen LogP contribution in [0.2, 0.25) is 0 Å². The average molecular weight is 428 g/mol. The van der Waals surface area contributed by atoms with Crippen molar-refractivity contribution in [1.82, 2.24) is 19.8 Å². The van der Waals surface area contributed by atoms with E-state index in [4.69, 9.17) is 9.97 Å². The number of anilines is 1. The zero-order valence-electron chi connectivity index (χ0n) is 19.4. The SMILES string of the molecule is Cc1nc(C2CCCN2CC(=O)N2CCCCC2)nc2c1CCC(=O)N2CCC(C)C. The first-order valence-electron chi connectivity index (χ1n) is 12.1. The van der Waals surface area contributed by atoms with E-state index in [-0.39, 0.29) is 17.9 Å². The molecule has 0 spiro atoms. The Morgan fingerprint density at radius 3 is 2.58 bits per heavy atom. The Balaban J connectivity index is 1.55. The van der Waals surface area contributed by atoms with Crippen molar-refractivity contribution >= 4 is 17.6 Å². The molecule has 7 nitrogen and oxygen atoms in total. The molecule has 2 saturated heterocycles. The number of hydrogen-bond acceptors (Lipinski definition) is 5. The van der Waals surface area contributed by atoms with E-state index in [1.165, 1.54) is 6.42 Å². The average Bonchev–Trinajstić information content (AvgIpc) is 3.21. The number of rotatable bonds is 6. The van der Waals surface area contributed by atoms with Gasteiger partial charge < -0.3 is 4.90 Å². The summed E-state index contributed by atoms with van der Waals surface area (Å²) in [6.45, 7) is 10.2. The lowest BCUT2D eigenvalue weighted by Gasteiger charge is -2.32. The minimum absolute atomic E-state index is 0.0571. The first-order valence-corrected chi connectivity index (χ1v) is 12.1. The van der Waals surface area contributed by atoms with Crippen molar-refractivity contribution in [3.63, 3.8) is 0 Å². The fraction of sp³-hybridized carbons (Fsp3) is 0.750. The largest absolute Gasteiger partial charge is 0.342 e. The van der Waals surface area contributed by atoms with Gasteiger partial charge in [-0.15, -0.1) is 0 Å². The summed E-state index contributed by atoms with van der Waals surface area (Å²) >= 11 is 0. The van der Waals surface area contributed by atoms with Crippen molar-refractivity contribution in [2.45, 2.75) is 78.2 Å². The lowest BCUT2D eigenvalue weighted by atomic mass is 10.0. The van der Waals surface area contributed by atoms with E-state index < -0.39 is 0 Å². The highest BCUT2D eigenvalue weighted by Gasteiger charge is 2.34. The maximum absolute atomic E-state index is 12.9. The Labute approximate surface area is 186 Å². The zero-order chi connectivity index (χ0) is 22.0. The van der Waals surface area contributed by atoms with Crippen molar-refractivity contribution in [2.24, 2.45) is 5.92 Å². The Hall–Kier alpha value is -2.02. The molecule has 0 aromatic carbocycles. The molecule has 3 aliphatic heterocycles. The maximum Gasteiger partial charge on any atom is 0.236 e. The van der Waals surface area contributed by atoms with E-state index >= 15 is 0 Å². The number of fused-ring (bicyclic) bond motifs is 1. The number of amides is 2. The number of likely N-dealkylation sites (tertiary alicyclic amines) is 2. The summed E-state index contributed by atoms with van der Waals surface area (Å²) < 4.78 is 0. The second-order valence-electron chi connectivity index (χ2n) is 9.77. The fourth-order valence-corrected chi connectivity index (χ4v) is 5.09. The van der Waals surface area contributed by atoms with Crippen molar-refractivity contribution < 1.29 is 9.59 Å². The molecule has 2 amide bonds. The molecular weight excluding hydrogens is 390 g/mol. The van der Waals surface area contributed by atoms with Crippen molar-refractivity contribution in [1.29, 1.82) is 0 Å². The summed E-state index contributed by atoms with van der Waals surface area (Å²) in [6.07, 6.45) is 7.69. The fourth-order valence-electron chi connectivity index (χ4n) is 5.09. The topological polar surface area (TPSA) is 69.6 Å². The summed E-state index contributed by atoms with van der Waals surface area (Å²) in [4.78, 5) is 41.6. The molecule has 3 aliphatic rings. The van der Waals surface area contributed by atoms with Gasteiger partial charge in [0, 0.05) is 37.3 Å². The molecule has 1 atom stereocenters. The van der Waals surface area contributed by atoms with Gasteiger partial charge in [0.25, 0.3) is 0 Å². The number of nitrogens with zero attached hydrogens (tertiary/aromatic N) is 5. The van der Waals surface area contributed by atoms with Crippen LogP contribution in [0.5, 0.6) is 0 Å². The molecule has 7 heteroatoms. The van der Waals surface area contributed by atoms with Crippen molar-refractivity contribution in [3.05, 3.63) is 17.1 Å². The van der Waals surface area contributed by atoms with Crippen molar-refractivity contribution in [2.75, 3.05) is 37.6 Å². The lowest BCUT2D eigenvalue weighted by molar-refractivity contribution is -0.133. The monoisotopic (exact) mass is 427 g/mol. The summed E-state index contributed by atoms with van der Waals surface area (Å²) in [5.74, 6) is 2.53. The second-order valence-corrected chi connectivity index (χ2v) is 9.77. The number of carbonyl (C=O) groups is 2. The first-order chi connectivity index (χ1) is 14.9. The summed E-state index contributed by atoms with van der Waals surface area (Å²) in [7, 11) is 0. The smallest absolute Gasteiger partial charge is 0.236 e. The van der Waals surface area contributed by atoms with Gasteiger partial charge in [0.2, 0.25) is 11.8 Å². The van der Waals surface area contributed by atoms with E-state index in [2.05, 4.69) is 18.7 Å². The molecule has 170 valence electrons. The summed E-state index contributed by atoms with van der Waals surface area (Å²) in [5.41, 5.74) is 2.09. The second kappa shape index (κ2) is 9.63. The van der Waals surface area contributed by atoms with Gasteiger partial charge in [-0.05, 0) is 64.3 Å². The highest BCUT2D eigenvalue weighted by Crippen LogP contribution is 2.34. The van der Waals surface area contributed by atoms with Gasteiger partial charge in [0.05, 0.1) is 12.6 Å². The van der Waals surface area contributed by atoms with Crippen LogP contribution in [0.3, 0.4) is 0 Å². The Morgan fingerprint density at radius 1 is 1.06 bits per heavy atom. The van der Waals surface area contributed by atoms with Crippen LogP contribution in [-0.2, 0) is 16.0 Å². The molecule has 0 radical (unpaired) electrons.